The molecule has 21 heavy (non-hydrogen) atoms. The average molecular weight is 338 g/mol. The summed E-state index contributed by atoms with van der Waals surface area (Å²) in [6.45, 7) is 2.03. The van der Waals surface area contributed by atoms with Crippen LogP contribution in [-0.2, 0) is 0 Å². The van der Waals surface area contributed by atoms with Gasteiger partial charge in [0.1, 0.15) is 11.9 Å². The third-order valence-electron chi connectivity index (χ3n) is 3.27. The fourth-order valence-electron chi connectivity index (χ4n) is 2.10. The lowest BCUT2D eigenvalue weighted by Gasteiger charge is -2.00. The highest BCUT2D eigenvalue weighted by Crippen LogP contribution is 2.22. The number of fused-ring (bicyclic) bond motifs is 1. The van der Waals surface area contributed by atoms with E-state index in [-0.39, 0.29) is 0 Å². The number of nitrogens with one attached hydrogen (secondary N) is 1. The number of aromatic amines is 1. The van der Waals surface area contributed by atoms with Gasteiger partial charge < -0.3 is 4.98 Å². The second-order valence-electron chi connectivity index (χ2n) is 4.78. The lowest BCUT2D eigenvalue weighted by Crippen LogP contribution is -1.85. The molecular weight excluding hydrogens is 326 g/mol. The highest BCUT2D eigenvalue weighted by molar-refractivity contribution is 9.10. The van der Waals surface area contributed by atoms with E-state index in [1.807, 2.05) is 55.5 Å². The number of nitriles is 1. The van der Waals surface area contributed by atoms with Crippen molar-refractivity contribution in [1.82, 2.24) is 9.97 Å². The minimum atomic E-state index is 0.516. The molecule has 0 unspecified atom stereocenters. The molecule has 0 amide bonds. The smallest absolute Gasteiger partial charge is 0.149 e. The maximum absolute atomic E-state index is 9.40. The summed E-state index contributed by atoms with van der Waals surface area (Å²) in [6, 6.07) is 16.0. The molecule has 0 atom stereocenters. The van der Waals surface area contributed by atoms with Gasteiger partial charge in [0.15, 0.2) is 0 Å². The van der Waals surface area contributed by atoms with E-state index in [0.29, 0.717) is 11.4 Å². The molecule has 0 aliphatic carbocycles. The van der Waals surface area contributed by atoms with Gasteiger partial charge in [0.05, 0.1) is 16.6 Å². The molecule has 0 fully saturated rings. The van der Waals surface area contributed by atoms with Gasteiger partial charge in [-0.15, -0.1) is 0 Å². The number of allylic oxidation sites excluding steroid dienone is 1. The quantitative estimate of drug-likeness (QED) is 0.689. The zero-order chi connectivity index (χ0) is 14.8. The normalized spacial score (nSPS) is 11.6. The number of rotatable bonds is 2. The molecule has 0 spiro atoms. The lowest BCUT2D eigenvalue weighted by molar-refractivity contribution is 1.27. The maximum Gasteiger partial charge on any atom is 0.149 e. The SMILES string of the molecule is Cc1ccc(/C=C(\C#N)c2nc3ccccc3[nH]2)cc1Br. The topological polar surface area (TPSA) is 52.5 Å². The fraction of sp³-hybridized carbons (Fsp3) is 0.0588. The van der Waals surface area contributed by atoms with Crippen LogP contribution in [0.3, 0.4) is 0 Å². The van der Waals surface area contributed by atoms with Gasteiger partial charge in [0, 0.05) is 4.47 Å². The van der Waals surface area contributed by atoms with E-state index >= 15 is 0 Å². The largest absolute Gasteiger partial charge is 0.337 e. The molecule has 0 saturated heterocycles. The van der Waals surface area contributed by atoms with E-state index in [1.165, 1.54) is 0 Å². The number of H-pyrrole nitrogens is 1. The molecule has 3 rings (SSSR count). The Kier molecular flexibility index (Phi) is 3.59. The van der Waals surface area contributed by atoms with Crippen LogP contribution in [0.1, 0.15) is 17.0 Å². The van der Waals surface area contributed by atoms with Crippen LogP contribution in [0.15, 0.2) is 46.9 Å². The summed E-state index contributed by atoms with van der Waals surface area (Å²) in [5, 5.41) is 9.40. The van der Waals surface area contributed by atoms with Crippen molar-refractivity contribution in [2.45, 2.75) is 6.92 Å². The van der Waals surface area contributed by atoms with Crippen LogP contribution in [0, 0.1) is 18.3 Å². The number of aromatic nitrogens is 2. The highest BCUT2D eigenvalue weighted by Gasteiger charge is 2.07. The Hall–Kier alpha value is -2.38. The molecule has 0 radical (unpaired) electrons. The van der Waals surface area contributed by atoms with Crippen LogP contribution in [-0.4, -0.2) is 9.97 Å². The Morgan fingerprint density at radius 1 is 1.29 bits per heavy atom. The second kappa shape index (κ2) is 5.55. The minimum absolute atomic E-state index is 0.516. The predicted molar refractivity (Wildman–Crippen MR) is 88.5 cm³/mol. The van der Waals surface area contributed by atoms with Crippen molar-refractivity contribution in [3.05, 3.63) is 63.9 Å². The molecule has 1 heterocycles. The van der Waals surface area contributed by atoms with E-state index in [4.69, 9.17) is 0 Å². The summed E-state index contributed by atoms with van der Waals surface area (Å²) in [5.41, 5.74) is 4.43. The number of imidazole rings is 1. The van der Waals surface area contributed by atoms with Gasteiger partial charge in [-0.1, -0.05) is 40.2 Å². The van der Waals surface area contributed by atoms with Gasteiger partial charge >= 0.3 is 0 Å². The first-order valence-corrected chi connectivity index (χ1v) is 7.30. The lowest BCUT2D eigenvalue weighted by atomic mass is 10.1. The third kappa shape index (κ3) is 2.74. The van der Waals surface area contributed by atoms with Gasteiger partial charge in [0.2, 0.25) is 0 Å². The molecule has 3 aromatic rings. The van der Waals surface area contributed by atoms with Crippen LogP contribution < -0.4 is 0 Å². The molecular formula is C17H12BrN3. The number of nitrogens with zero attached hydrogens (tertiary/aromatic N) is 2. The van der Waals surface area contributed by atoms with Gasteiger partial charge in [-0.25, -0.2) is 4.98 Å². The molecule has 0 aliphatic rings. The first-order valence-electron chi connectivity index (χ1n) is 6.50. The molecule has 4 heteroatoms. The van der Waals surface area contributed by atoms with Gasteiger partial charge in [-0.3, -0.25) is 0 Å². The van der Waals surface area contributed by atoms with Crippen molar-refractivity contribution in [2.24, 2.45) is 0 Å². The van der Waals surface area contributed by atoms with Crippen molar-refractivity contribution in [2.75, 3.05) is 0 Å². The number of hydrogen-bond acceptors (Lipinski definition) is 2. The first-order chi connectivity index (χ1) is 10.2. The fourth-order valence-corrected chi connectivity index (χ4v) is 2.50. The second-order valence-corrected chi connectivity index (χ2v) is 5.64. The summed E-state index contributed by atoms with van der Waals surface area (Å²) in [5.74, 6) is 0.593. The first kappa shape index (κ1) is 13.6. The molecule has 1 aromatic heterocycles. The Bertz CT molecular complexity index is 851. The van der Waals surface area contributed by atoms with E-state index in [2.05, 4.69) is 32.0 Å². The van der Waals surface area contributed by atoms with Gasteiger partial charge in [0.25, 0.3) is 0 Å². The molecule has 0 aliphatic heterocycles. The van der Waals surface area contributed by atoms with E-state index in [1.54, 1.807) is 0 Å². The average Bonchev–Trinajstić information content (AvgIpc) is 2.92. The highest BCUT2D eigenvalue weighted by atomic mass is 79.9. The molecule has 0 bridgehead atoms. The van der Waals surface area contributed by atoms with E-state index in [9.17, 15) is 5.26 Å². The summed E-state index contributed by atoms with van der Waals surface area (Å²) >= 11 is 3.51. The standard InChI is InChI=1S/C17H12BrN3/c1-11-6-7-12(9-14(11)18)8-13(10-19)17-20-15-4-2-3-5-16(15)21-17/h2-9H,1H3,(H,20,21)/b13-8+. The van der Waals surface area contributed by atoms with Crippen LogP contribution >= 0.6 is 15.9 Å². The van der Waals surface area contributed by atoms with Gasteiger partial charge in [-0.05, 0) is 42.3 Å². The summed E-state index contributed by atoms with van der Waals surface area (Å²) in [6.07, 6.45) is 1.84. The Balaban J connectivity index is 2.06. The monoisotopic (exact) mass is 337 g/mol. The molecule has 3 nitrogen and oxygen atoms in total. The van der Waals surface area contributed by atoms with E-state index < -0.39 is 0 Å². The van der Waals surface area contributed by atoms with Crippen LogP contribution in [0.5, 0.6) is 0 Å². The van der Waals surface area contributed by atoms with Crippen molar-refractivity contribution >= 4 is 38.6 Å². The zero-order valence-corrected chi connectivity index (χ0v) is 13.0. The Labute approximate surface area is 131 Å². The zero-order valence-electron chi connectivity index (χ0n) is 11.4. The molecule has 1 N–H and O–H groups in total. The molecule has 0 saturated carbocycles. The number of aryl methyl sites for hydroxylation is 1. The third-order valence-corrected chi connectivity index (χ3v) is 4.13. The minimum Gasteiger partial charge on any atom is -0.337 e. The van der Waals surface area contributed by atoms with Gasteiger partial charge in [-0.2, -0.15) is 5.26 Å². The predicted octanol–water partition coefficient (Wildman–Crippen LogP) is 4.70. The Morgan fingerprint density at radius 2 is 2.10 bits per heavy atom. The molecule has 2 aromatic carbocycles. The number of hydrogen-bond donors (Lipinski definition) is 1. The van der Waals surface area contributed by atoms with E-state index in [0.717, 1.165) is 26.6 Å². The number of benzene rings is 2. The summed E-state index contributed by atoms with van der Waals surface area (Å²) < 4.78 is 1.03. The maximum atomic E-state index is 9.40. The van der Waals surface area contributed by atoms with Crippen LogP contribution in [0.4, 0.5) is 0 Å². The van der Waals surface area contributed by atoms with Crippen LogP contribution in [0.2, 0.25) is 0 Å². The summed E-state index contributed by atoms with van der Waals surface area (Å²) in [7, 11) is 0. The van der Waals surface area contributed by atoms with Crippen molar-refractivity contribution in [3.63, 3.8) is 0 Å². The number of para-hydroxylation sites is 2. The summed E-state index contributed by atoms with van der Waals surface area (Å²) in [4.78, 5) is 7.64. The number of halogens is 1. The Morgan fingerprint density at radius 3 is 2.81 bits per heavy atom. The van der Waals surface area contributed by atoms with Crippen LogP contribution in [0.25, 0.3) is 22.7 Å². The van der Waals surface area contributed by atoms with Crippen molar-refractivity contribution in [1.29, 1.82) is 5.26 Å². The van der Waals surface area contributed by atoms with Crippen molar-refractivity contribution < 1.29 is 0 Å². The van der Waals surface area contributed by atoms with Crippen molar-refractivity contribution in [3.8, 4) is 6.07 Å². The molecule has 102 valence electrons.